The van der Waals surface area contributed by atoms with Crippen LogP contribution in [0.15, 0.2) is 48.5 Å². The molecule has 0 aliphatic carbocycles. The largest absolute Gasteiger partial charge is 0.379 e. The van der Waals surface area contributed by atoms with Gasteiger partial charge in [0.1, 0.15) is 0 Å². The normalized spacial score (nSPS) is 18.1. The Kier molecular flexibility index (Phi) is 6.52. The Morgan fingerprint density at radius 1 is 1.03 bits per heavy atom. The van der Waals surface area contributed by atoms with Crippen LogP contribution in [0.25, 0.3) is 0 Å². The number of nitrogens with one attached hydrogen (secondary N) is 1. The molecule has 0 bridgehead atoms. The molecule has 1 fully saturated rings. The molecule has 160 valence electrons. The molecule has 2 aromatic rings. The first kappa shape index (κ1) is 21.0. The number of morpholine rings is 1. The first-order chi connectivity index (χ1) is 14.5. The maximum Gasteiger partial charge on any atom is 0.251 e. The summed E-state index contributed by atoms with van der Waals surface area (Å²) in [4.78, 5) is 17.7. The highest BCUT2D eigenvalue weighted by atomic mass is 16.5. The van der Waals surface area contributed by atoms with E-state index in [-0.39, 0.29) is 11.4 Å². The van der Waals surface area contributed by atoms with E-state index in [1.165, 1.54) is 16.7 Å². The van der Waals surface area contributed by atoms with Crippen LogP contribution in [-0.2, 0) is 24.2 Å². The molecule has 0 atom stereocenters. The van der Waals surface area contributed by atoms with Gasteiger partial charge in [0.05, 0.1) is 13.2 Å². The summed E-state index contributed by atoms with van der Waals surface area (Å²) < 4.78 is 5.42. The van der Waals surface area contributed by atoms with Crippen LogP contribution in [0.4, 0.5) is 0 Å². The van der Waals surface area contributed by atoms with Gasteiger partial charge in [-0.25, -0.2) is 0 Å². The van der Waals surface area contributed by atoms with Gasteiger partial charge in [-0.1, -0.05) is 36.4 Å². The summed E-state index contributed by atoms with van der Waals surface area (Å²) >= 11 is 0. The zero-order valence-electron chi connectivity index (χ0n) is 18.2. The molecule has 0 aromatic heterocycles. The average Bonchev–Trinajstić information content (AvgIpc) is 2.78. The van der Waals surface area contributed by atoms with Crippen molar-refractivity contribution >= 4 is 5.91 Å². The van der Waals surface area contributed by atoms with Crippen LogP contribution in [0.5, 0.6) is 0 Å². The van der Waals surface area contributed by atoms with E-state index in [9.17, 15) is 4.79 Å². The van der Waals surface area contributed by atoms with Gasteiger partial charge in [-0.2, -0.15) is 0 Å². The number of carbonyl (C=O) groups is 1. The van der Waals surface area contributed by atoms with E-state index in [0.717, 1.165) is 57.9 Å². The molecule has 30 heavy (non-hydrogen) atoms. The number of benzene rings is 2. The predicted octanol–water partition coefficient (Wildman–Crippen LogP) is 3.09. The van der Waals surface area contributed by atoms with Gasteiger partial charge in [-0.15, -0.1) is 0 Å². The fourth-order valence-corrected chi connectivity index (χ4v) is 4.35. The van der Waals surface area contributed by atoms with Crippen molar-refractivity contribution in [3.05, 3.63) is 70.8 Å². The Balaban J connectivity index is 1.34. The van der Waals surface area contributed by atoms with E-state index in [4.69, 9.17) is 4.74 Å². The highest BCUT2D eigenvalue weighted by molar-refractivity contribution is 5.94. The maximum atomic E-state index is 12.9. The molecule has 5 heteroatoms. The second kappa shape index (κ2) is 9.29. The Morgan fingerprint density at radius 2 is 1.80 bits per heavy atom. The van der Waals surface area contributed by atoms with Gasteiger partial charge in [0.25, 0.3) is 5.91 Å². The summed E-state index contributed by atoms with van der Waals surface area (Å²) in [6.45, 7) is 11.4. The van der Waals surface area contributed by atoms with Crippen molar-refractivity contribution in [1.82, 2.24) is 15.1 Å². The van der Waals surface area contributed by atoms with Gasteiger partial charge in [0.2, 0.25) is 0 Å². The molecule has 1 amide bonds. The fourth-order valence-electron chi connectivity index (χ4n) is 4.35. The zero-order chi connectivity index (χ0) is 21.0. The quantitative estimate of drug-likeness (QED) is 0.799. The molecule has 2 aliphatic rings. The van der Waals surface area contributed by atoms with Crippen molar-refractivity contribution in [1.29, 1.82) is 0 Å². The molecule has 2 aliphatic heterocycles. The van der Waals surface area contributed by atoms with Crippen molar-refractivity contribution in [2.24, 2.45) is 0 Å². The number of ether oxygens (including phenoxy) is 1. The summed E-state index contributed by atoms with van der Waals surface area (Å²) in [6, 6.07) is 16.7. The molecule has 0 spiro atoms. The highest BCUT2D eigenvalue weighted by Crippen LogP contribution is 2.25. The summed E-state index contributed by atoms with van der Waals surface area (Å²) in [5, 5.41) is 3.18. The number of carbonyl (C=O) groups excluding carboxylic acids is 1. The molecular weight excluding hydrogens is 374 g/mol. The number of rotatable bonds is 6. The van der Waals surface area contributed by atoms with Crippen LogP contribution in [0.2, 0.25) is 0 Å². The number of nitrogens with zero attached hydrogens (tertiary/aromatic N) is 2. The summed E-state index contributed by atoms with van der Waals surface area (Å²) in [7, 11) is 0. The van der Waals surface area contributed by atoms with E-state index in [0.29, 0.717) is 6.54 Å². The molecular formula is C25H33N3O2. The van der Waals surface area contributed by atoms with Crippen LogP contribution >= 0.6 is 0 Å². The molecule has 2 aromatic carbocycles. The second-order valence-corrected chi connectivity index (χ2v) is 9.02. The number of hydrogen-bond donors (Lipinski definition) is 1. The predicted molar refractivity (Wildman–Crippen MR) is 120 cm³/mol. The minimum Gasteiger partial charge on any atom is -0.379 e. The lowest BCUT2D eigenvalue weighted by Gasteiger charge is -2.41. The molecule has 5 nitrogen and oxygen atoms in total. The first-order valence-electron chi connectivity index (χ1n) is 11.0. The second-order valence-electron chi connectivity index (χ2n) is 9.02. The number of fused-ring (bicyclic) bond motifs is 1. The number of hydrogen-bond acceptors (Lipinski definition) is 4. The monoisotopic (exact) mass is 407 g/mol. The lowest BCUT2D eigenvalue weighted by atomic mass is 9.94. The van der Waals surface area contributed by atoms with E-state index in [1.54, 1.807) is 0 Å². The van der Waals surface area contributed by atoms with Gasteiger partial charge in [0, 0.05) is 50.4 Å². The Hall–Kier alpha value is -2.21. The van der Waals surface area contributed by atoms with Crippen LogP contribution in [0, 0.1) is 0 Å². The lowest BCUT2D eigenvalue weighted by Crippen LogP contribution is -2.53. The zero-order valence-corrected chi connectivity index (χ0v) is 18.2. The first-order valence-corrected chi connectivity index (χ1v) is 11.0. The SMILES string of the molecule is CC(C)(CNC(=O)c1cccc(CN2CCOCC2)c1)N1CCc2ccccc2C1. The Bertz CT molecular complexity index is 874. The van der Waals surface area contributed by atoms with Gasteiger partial charge in [-0.05, 0) is 49.1 Å². The van der Waals surface area contributed by atoms with E-state index >= 15 is 0 Å². The van der Waals surface area contributed by atoms with E-state index in [1.807, 2.05) is 18.2 Å². The van der Waals surface area contributed by atoms with Crippen LogP contribution in [-0.4, -0.2) is 60.6 Å². The third-order valence-corrected chi connectivity index (χ3v) is 6.37. The van der Waals surface area contributed by atoms with Crippen LogP contribution < -0.4 is 5.32 Å². The molecule has 0 radical (unpaired) electrons. The van der Waals surface area contributed by atoms with Gasteiger partial charge < -0.3 is 10.1 Å². The van der Waals surface area contributed by atoms with Crippen LogP contribution in [0.3, 0.4) is 0 Å². The maximum absolute atomic E-state index is 12.9. The minimum absolute atomic E-state index is 0.00399. The summed E-state index contributed by atoms with van der Waals surface area (Å²) in [5.74, 6) is 0.00399. The Labute approximate surface area is 180 Å². The fraction of sp³-hybridized carbons (Fsp3) is 0.480. The topological polar surface area (TPSA) is 44.8 Å². The standard InChI is InChI=1S/C25H33N3O2/c1-25(2,28-11-10-21-7-3-4-8-23(21)18-28)19-26-24(29)22-9-5-6-20(16-22)17-27-12-14-30-15-13-27/h3-9,16H,10-15,17-19H2,1-2H3,(H,26,29). The molecule has 1 N–H and O–H groups in total. The van der Waals surface area contributed by atoms with Crippen molar-refractivity contribution in [3.8, 4) is 0 Å². The molecule has 4 rings (SSSR count). The number of amides is 1. The van der Waals surface area contributed by atoms with Gasteiger partial charge in [-0.3, -0.25) is 14.6 Å². The highest BCUT2D eigenvalue weighted by Gasteiger charge is 2.30. The smallest absolute Gasteiger partial charge is 0.251 e. The van der Waals surface area contributed by atoms with Crippen molar-refractivity contribution in [3.63, 3.8) is 0 Å². The average molecular weight is 408 g/mol. The molecule has 0 saturated carbocycles. The van der Waals surface area contributed by atoms with Crippen molar-refractivity contribution in [2.75, 3.05) is 39.4 Å². The Morgan fingerprint density at radius 3 is 2.60 bits per heavy atom. The van der Waals surface area contributed by atoms with E-state index in [2.05, 4.69) is 59.3 Å². The van der Waals surface area contributed by atoms with Crippen molar-refractivity contribution in [2.45, 2.75) is 38.9 Å². The van der Waals surface area contributed by atoms with Gasteiger partial charge >= 0.3 is 0 Å². The summed E-state index contributed by atoms with van der Waals surface area (Å²) in [5.41, 5.74) is 4.66. The molecule has 0 unspecified atom stereocenters. The molecule has 1 saturated heterocycles. The van der Waals surface area contributed by atoms with Crippen LogP contribution in [0.1, 0.15) is 40.9 Å². The third kappa shape index (κ3) is 5.09. The third-order valence-electron chi connectivity index (χ3n) is 6.37. The molecule has 2 heterocycles. The lowest BCUT2D eigenvalue weighted by molar-refractivity contribution is 0.0342. The van der Waals surface area contributed by atoms with Crippen molar-refractivity contribution < 1.29 is 9.53 Å². The van der Waals surface area contributed by atoms with E-state index < -0.39 is 0 Å². The summed E-state index contributed by atoms with van der Waals surface area (Å²) in [6.07, 6.45) is 1.07. The minimum atomic E-state index is -0.103. The van der Waals surface area contributed by atoms with Gasteiger partial charge in [0.15, 0.2) is 0 Å².